The molecule has 0 amide bonds. The lowest BCUT2D eigenvalue weighted by Gasteiger charge is -1.62. The van der Waals surface area contributed by atoms with Gasteiger partial charge in [-0.15, -0.1) is 0 Å². The van der Waals surface area contributed by atoms with Crippen molar-refractivity contribution < 1.29 is 24.7 Å². The third kappa shape index (κ3) is 992. The van der Waals surface area contributed by atoms with Gasteiger partial charge in [-0.2, -0.15) is 0 Å². The van der Waals surface area contributed by atoms with E-state index in [2.05, 4.69) is 24.7 Å². The van der Waals surface area contributed by atoms with Crippen LogP contribution in [-0.2, 0) is 24.7 Å². The van der Waals surface area contributed by atoms with Gasteiger partial charge in [-0.05, 0) is 0 Å². The molecule has 0 saturated heterocycles. The molecule has 0 aromatic carbocycles. The lowest BCUT2D eigenvalue weighted by molar-refractivity contribution is 0.690. The molecule has 18 heavy (non-hydrogen) atoms. The third-order valence-electron chi connectivity index (χ3n) is 0. The molecule has 0 saturated carbocycles. The fraction of sp³-hybridized carbons (Fsp3) is 0. The molecule has 0 heterocycles. The summed E-state index contributed by atoms with van der Waals surface area (Å²) in [6.07, 6.45) is 0. The first-order valence-corrected chi connectivity index (χ1v) is 14.7. The minimum Gasteiger partial charge on any atom is -0.471 e. The average molecular weight is 469 g/mol. The van der Waals surface area contributed by atoms with Gasteiger partial charge in [-0.3, -0.25) is 0 Å². The van der Waals surface area contributed by atoms with Crippen LogP contribution in [0.15, 0.2) is 0 Å². The highest BCUT2D eigenvalue weighted by atomic mass is 28.3. The molecular formula is H36O6Si12. The molecule has 0 rings (SSSR count). The van der Waals surface area contributed by atoms with Crippen LogP contribution >= 0.6 is 0 Å². The topological polar surface area (TPSA) is 55.4 Å². The Kier molecular flexibility index (Phi) is 192. The van der Waals surface area contributed by atoms with Gasteiger partial charge in [-0.25, -0.2) is 0 Å². The van der Waals surface area contributed by atoms with Crippen molar-refractivity contribution in [1.82, 2.24) is 0 Å². The number of hydrogen-bond donors (Lipinski definition) is 0. The standard InChI is InChI=1S/6H6OSi2/c6*2-1-3/h6*2-3H3. The summed E-state index contributed by atoms with van der Waals surface area (Å²) in [5.74, 6) is 0. The molecule has 0 aromatic heterocycles. The van der Waals surface area contributed by atoms with E-state index < -0.39 is 0 Å². The highest BCUT2D eigenvalue weighted by molar-refractivity contribution is 6.16. The van der Waals surface area contributed by atoms with Gasteiger partial charge < -0.3 is 24.7 Å². The molecule has 0 aromatic rings. The maximum Gasteiger partial charge on any atom is 0.129 e. The largest absolute Gasteiger partial charge is 0.471 e. The van der Waals surface area contributed by atoms with Crippen LogP contribution in [0, 0.1) is 0 Å². The summed E-state index contributed by atoms with van der Waals surface area (Å²) < 4.78 is 27.2. The third-order valence-corrected chi connectivity index (χ3v) is 0. The van der Waals surface area contributed by atoms with Crippen molar-refractivity contribution in [2.24, 2.45) is 0 Å². The van der Waals surface area contributed by atoms with Crippen LogP contribution in [0.25, 0.3) is 0 Å². The number of hydrogen-bond acceptors (Lipinski definition) is 6. The summed E-state index contributed by atoms with van der Waals surface area (Å²) in [4.78, 5) is 0. The Morgan fingerprint density at radius 3 is 0.222 bits per heavy atom. The van der Waals surface area contributed by atoms with Crippen LogP contribution in [0.4, 0.5) is 0 Å². The molecule has 0 aliphatic rings. The zero-order valence-electron chi connectivity index (χ0n) is 14.4. The van der Waals surface area contributed by atoms with E-state index in [1.54, 1.807) is 0 Å². The van der Waals surface area contributed by atoms with Crippen molar-refractivity contribution >= 4 is 126 Å². The van der Waals surface area contributed by atoms with Crippen molar-refractivity contribution in [3.63, 3.8) is 0 Å². The van der Waals surface area contributed by atoms with Crippen LogP contribution in [0.1, 0.15) is 0 Å². The van der Waals surface area contributed by atoms with E-state index in [-0.39, 0.29) is 0 Å². The van der Waals surface area contributed by atoms with Gasteiger partial charge in [0.25, 0.3) is 0 Å². The molecule has 0 aliphatic heterocycles. The zero-order valence-corrected chi connectivity index (χ0v) is 38.4. The quantitative estimate of drug-likeness (QED) is 0.329. The molecule has 6 nitrogen and oxygen atoms in total. The normalized spacial score (nSPS) is 8.00. The smallest absolute Gasteiger partial charge is 0.129 e. The number of rotatable bonds is 0. The Balaban J connectivity index is -0.0000000240. The van der Waals surface area contributed by atoms with Gasteiger partial charge in [0.1, 0.15) is 126 Å². The van der Waals surface area contributed by atoms with Gasteiger partial charge in [0, 0.05) is 0 Å². The van der Waals surface area contributed by atoms with E-state index >= 15 is 0 Å². The first-order valence-electron chi connectivity index (χ1n) is 4.90. The summed E-state index contributed by atoms with van der Waals surface area (Å²) in [5.41, 5.74) is 0. The van der Waals surface area contributed by atoms with E-state index in [1.807, 2.05) is 0 Å². The maximum absolute atomic E-state index is 4.53. The summed E-state index contributed by atoms with van der Waals surface area (Å²) in [6.45, 7) is 0. The van der Waals surface area contributed by atoms with Gasteiger partial charge in [0.05, 0.1) is 0 Å². The van der Waals surface area contributed by atoms with Crippen molar-refractivity contribution in [1.29, 1.82) is 0 Å². The van der Waals surface area contributed by atoms with Crippen LogP contribution in [-0.4, -0.2) is 126 Å². The SMILES string of the molecule is [SiH3]O[SiH3].[SiH3]O[SiH3].[SiH3]O[SiH3].[SiH3]O[SiH3].[SiH3]O[SiH3].[SiH3]O[SiH3]. The molecule has 0 unspecified atom stereocenters. The fourth-order valence-corrected chi connectivity index (χ4v) is 0. The minimum atomic E-state index is 0.931. The van der Waals surface area contributed by atoms with Crippen LogP contribution in [0.3, 0.4) is 0 Å². The first kappa shape index (κ1) is 37.0. The lowest BCUT2D eigenvalue weighted by Crippen LogP contribution is -1.65. The van der Waals surface area contributed by atoms with E-state index in [1.165, 1.54) is 0 Å². The first-order chi connectivity index (χ1) is 8.49. The van der Waals surface area contributed by atoms with Crippen LogP contribution in [0.5, 0.6) is 0 Å². The molecule has 0 N–H and O–H groups in total. The zero-order chi connectivity index (χ0) is 16.2. The second-order valence-corrected chi connectivity index (χ2v) is 22.0. The molecule has 120 valence electrons. The monoisotopic (exact) mass is 468 g/mol. The van der Waals surface area contributed by atoms with E-state index in [0.717, 1.165) is 126 Å². The van der Waals surface area contributed by atoms with E-state index in [9.17, 15) is 0 Å². The highest BCUT2D eigenvalue weighted by Gasteiger charge is 1.29. The van der Waals surface area contributed by atoms with Crippen molar-refractivity contribution in [3.8, 4) is 0 Å². The van der Waals surface area contributed by atoms with Crippen molar-refractivity contribution in [2.75, 3.05) is 0 Å². The maximum atomic E-state index is 4.53. The van der Waals surface area contributed by atoms with Gasteiger partial charge in [0.15, 0.2) is 0 Å². The summed E-state index contributed by atoms with van der Waals surface area (Å²) in [7, 11) is 11.2. The predicted molar refractivity (Wildman–Crippen MR) is 126 cm³/mol. The average Bonchev–Trinajstić information content (AvgIpc) is 2.23. The van der Waals surface area contributed by atoms with Crippen molar-refractivity contribution in [2.45, 2.75) is 0 Å². The van der Waals surface area contributed by atoms with Crippen LogP contribution < -0.4 is 0 Å². The lowest BCUT2D eigenvalue weighted by atomic mass is 15.8. The van der Waals surface area contributed by atoms with Crippen molar-refractivity contribution in [3.05, 3.63) is 0 Å². The Hall–Kier alpha value is 2.36. The second kappa shape index (κ2) is 93.4. The second-order valence-electron chi connectivity index (χ2n) is 2.45. The van der Waals surface area contributed by atoms with Gasteiger partial charge in [-0.1, -0.05) is 0 Å². The summed E-state index contributed by atoms with van der Waals surface area (Å²) in [5, 5.41) is 0. The Labute approximate surface area is 150 Å². The minimum absolute atomic E-state index is 0.931. The molecule has 0 spiro atoms. The van der Waals surface area contributed by atoms with E-state index in [4.69, 9.17) is 0 Å². The Bertz CT molecular complexity index is 32.0. The molecule has 0 fully saturated rings. The fourth-order valence-electron chi connectivity index (χ4n) is 0. The Morgan fingerprint density at radius 1 is 0.222 bits per heavy atom. The van der Waals surface area contributed by atoms with Gasteiger partial charge >= 0.3 is 0 Å². The molecular weight excluding hydrogens is 433 g/mol. The Morgan fingerprint density at radius 2 is 0.222 bits per heavy atom. The summed E-state index contributed by atoms with van der Waals surface area (Å²) in [6, 6.07) is 0. The van der Waals surface area contributed by atoms with Gasteiger partial charge in [0.2, 0.25) is 0 Å². The molecule has 0 atom stereocenters. The predicted octanol–water partition coefficient (Wildman–Crippen LogP) is -14.6. The molecule has 0 radical (unpaired) electrons. The highest BCUT2D eigenvalue weighted by Crippen LogP contribution is 1.21. The van der Waals surface area contributed by atoms with Crippen LogP contribution in [0.2, 0.25) is 0 Å². The molecule has 18 heteroatoms. The molecule has 0 bridgehead atoms. The van der Waals surface area contributed by atoms with E-state index in [0.29, 0.717) is 0 Å². The molecule has 0 aliphatic carbocycles. The summed E-state index contributed by atoms with van der Waals surface area (Å²) >= 11 is 0.